The number of carboxylic acids is 1. The molecule has 104 valence electrons. The summed E-state index contributed by atoms with van der Waals surface area (Å²) in [6.45, 7) is 2.67. The zero-order chi connectivity index (χ0) is 13.5. The van der Waals surface area contributed by atoms with Crippen LogP contribution >= 0.6 is 0 Å². The second-order valence-electron chi connectivity index (χ2n) is 5.62. The average molecular weight is 266 g/mol. The van der Waals surface area contributed by atoms with Crippen LogP contribution in [-0.2, 0) is 15.1 Å². The van der Waals surface area contributed by atoms with Crippen LogP contribution in [0.1, 0.15) is 56.7 Å². The molecular formula is C13H18N2O4. The van der Waals surface area contributed by atoms with E-state index >= 15 is 0 Å². The fraction of sp³-hybridized carbons (Fsp3) is 0.769. The number of aliphatic carboxylic acids is 1. The zero-order valence-corrected chi connectivity index (χ0v) is 11.0. The van der Waals surface area contributed by atoms with E-state index in [-0.39, 0.29) is 5.92 Å². The van der Waals surface area contributed by atoms with Crippen LogP contribution in [0, 0.1) is 5.92 Å². The first-order valence-electron chi connectivity index (χ1n) is 6.81. The Morgan fingerprint density at radius 1 is 1.42 bits per heavy atom. The Morgan fingerprint density at radius 2 is 2.26 bits per heavy atom. The topological polar surface area (TPSA) is 85.5 Å². The molecule has 3 rings (SSSR count). The lowest BCUT2D eigenvalue weighted by Gasteiger charge is -2.17. The quantitative estimate of drug-likeness (QED) is 0.901. The van der Waals surface area contributed by atoms with Gasteiger partial charge in [-0.05, 0) is 32.6 Å². The molecule has 1 saturated heterocycles. The number of rotatable bonds is 3. The monoisotopic (exact) mass is 266 g/mol. The molecule has 1 saturated carbocycles. The van der Waals surface area contributed by atoms with Gasteiger partial charge < -0.3 is 14.4 Å². The van der Waals surface area contributed by atoms with Gasteiger partial charge in [-0.25, -0.2) is 0 Å². The highest BCUT2D eigenvalue weighted by Gasteiger charge is 2.41. The van der Waals surface area contributed by atoms with Crippen molar-refractivity contribution in [2.45, 2.75) is 50.5 Å². The molecule has 1 aromatic heterocycles. The van der Waals surface area contributed by atoms with Crippen molar-refractivity contribution in [2.75, 3.05) is 6.61 Å². The predicted octanol–water partition coefficient (Wildman–Crippen LogP) is 2.06. The average Bonchev–Trinajstić information content (AvgIpc) is 3.08. The van der Waals surface area contributed by atoms with Gasteiger partial charge in [0.2, 0.25) is 11.7 Å². The first-order valence-corrected chi connectivity index (χ1v) is 6.81. The Labute approximate surface area is 111 Å². The van der Waals surface area contributed by atoms with E-state index in [0.29, 0.717) is 24.7 Å². The maximum absolute atomic E-state index is 11.2. The second kappa shape index (κ2) is 4.59. The molecule has 0 bridgehead atoms. The van der Waals surface area contributed by atoms with Gasteiger partial charge in [0.25, 0.3) is 0 Å². The van der Waals surface area contributed by atoms with E-state index in [0.717, 1.165) is 25.7 Å². The van der Waals surface area contributed by atoms with Gasteiger partial charge in [0, 0.05) is 6.61 Å². The van der Waals surface area contributed by atoms with Gasteiger partial charge in [-0.3, -0.25) is 4.79 Å². The Bertz CT molecular complexity index is 479. The molecule has 0 radical (unpaired) electrons. The fourth-order valence-corrected chi connectivity index (χ4v) is 3.11. The molecule has 3 unspecified atom stereocenters. The third-order valence-electron chi connectivity index (χ3n) is 4.28. The number of hydrogen-bond donors (Lipinski definition) is 1. The molecular weight excluding hydrogens is 248 g/mol. The third-order valence-corrected chi connectivity index (χ3v) is 4.28. The summed E-state index contributed by atoms with van der Waals surface area (Å²) in [5.74, 6) is -0.312. The zero-order valence-electron chi connectivity index (χ0n) is 11.0. The minimum absolute atomic E-state index is 0.149. The lowest BCUT2D eigenvalue weighted by molar-refractivity contribution is -0.142. The summed E-state index contributed by atoms with van der Waals surface area (Å²) in [6, 6.07) is 0. The Hall–Kier alpha value is -1.43. The molecule has 6 nitrogen and oxygen atoms in total. The van der Waals surface area contributed by atoms with Crippen molar-refractivity contribution in [3.63, 3.8) is 0 Å². The maximum Gasteiger partial charge on any atom is 0.307 e. The number of hydrogen-bond acceptors (Lipinski definition) is 5. The maximum atomic E-state index is 11.2. The van der Waals surface area contributed by atoms with Crippen molar-refractivity contribution < 1.29 is 19.2 Å². The molecule has 2 fully saturated rings. The summed E-state index contributed by atoms with van der Waals surface area (Å²) >= 11 is 0. The van der Waals surface area contributed by atoms with E-state index in [1.807, 2.05) is 6.92 Å². The van der Waals surface area contributed by atoms with E-state index < -0.39 is 17.5 Å². The lowest BCUT2D eigenvalue weighted by Crippen LogP contribution is -2.22. The molecule has 1 aromatic rings. The van der Waals surface area contributed by atoms with Gasteiger partial charge in [-0.2, -0.15) is 4.98 Å². The highest BCUT2D eigenvalue weighted by atomic mass is 16.5. The Balaban J connectivity index is 1.83. The van der Waals surface area contributed by atoms with Crippen LogP contribution in [0.25, 0.3) is 0 Å². The van der Waals surface area contributed by atoms with Gasteiger partial charge in [0.05, 0.1) is 11.8 Å². The van der Waals surface area contributed by atoms with E-state index in [9.17, 15) is 9.90 Å². The summed E-state index contributed by atoms with van der Waals surface area (Å²) in [4.78, 5) is 15.6. The molecule has 1 N–H and O–H groups in total. The highest BCUT2D eigenvalue weighted by Crippen LogP contribution is 2.40. The molecule has 0 amide bonds. The summed E-state index contributed by atoms with van der Waals surface area (Å²) in [5, 5.41) is 13.2. The summed E-state index contributed by atoms with van der Waals surface area (Å²) in [5.41, 5.74) is -0.473. The van der Waals surface area contributed by atoms with Crippen LogP contribution in [0.15, 0.2) is 4.52 Å². The Kier molecular flexibility index (Phi) is 3.05. The number of aromatic nitrogens is 2. The van der Waals surface area contributed by atoms with Crippen LogP contribution in [0.4, 0.5) is 0 Å². The lowest BCUT2D eigenvalue weighted by atomic mass is 9.96. The van der Waals surface area contributed by atoms with Gasteiger partial charge in [0.15, 0.2) is 0 Å². The SMILES string of the molecule is CC1(c2noc(C3CCCC3C(=O)O)n2)CCCO1. The molecule has 1 aliphatic heterocycles. The second-order valence-corrected chi connectivity index (χ2v) is 5.62. The number of carbonyl (C=O) groups is 1. The van der Waals surface area contributed by atoms with Crippen LogP contribution in [0.2, 0.25) is 0 Å². The first-order chi connectivity index (χ1) is 9.10. The summed E-state index contributed by atoms with van der Waals surface area (Å²) < 4.78 is 11.0. The molecule has 1 aliphatic carbocycles. The van der Waals surface area contributed by atoms with E-state index in [1.54, 1.807) is 0 Å². The first kappa shape index (κ1) is 12.6. The van der Waals surface area contributed by atoms with E-state index in [1.165, 1.54) is 0 Å². The number of nitrogens with zero attached hydrogens (tertiary/aromatic N) is 2. The highest BCUT2D eigenvalue weighted by molar-refractivity contribution is 5.71. The molecule has 0 aromatic carbocycles. The van der Waals surface area contributed by atoms with Crippen molar-refractivity contribution in [1.29, 1.82) is 0 Å². The van der Waals surface area contributed by atoms with Gasteiger partial charge in [0.1, 0.15) is 5.60 Å². The van der Waals surface area contributed by atoms with E-state index in [4.69, 9.17) is 9.26 Å². The largest absolute Gasteiger partial charge is 0.481 e. The van der Waals surface area contributed by atoms with Crippen molar-refractivity contribution in [3.8, 4) is 0 Å². The number of carboxylic acid groups (broad SMARTS) is 1. The van der Waals surface area contributed by atoms with Crippen LogP contribution < -0.4 is 0 Å². The molecule has 0 spiro atoms. The fourth-order valence-electron chi connectivity index (χ4n) is 3.11. The smallest absolute Gasteiger partial charge is 0.307 e. The van der Waals surface area contributed by atoms with Gasteiger partial charge in [-0.15, -0.1) is 0 Å². The summed E-state index contributed by atoms with van der Waals surface area (Å²) in [7, 11) is 0. The van der Waals surface area contributed by atoms with E-state index in [2.05, 4.69) is 10.1 Å². The molecule has 3 atom stereocenters. The minimum atomic E-state index is -0.773. The molecule has 6 heteroatoms. The van der Waals surface area contributed by atoms with Crippen LogP contribution in [-0.4, -0.2) is 27.8 Å². The van der Waals surface area contributed by atoms with Crippen LogP contribution in [0.5, 0.6) is 0 Å². The van der Waals surface area contributed by atoms with Crippen molar-refractivity contribution >= 4 is 5.97 Å². The van der Waals surface area contributed by atoms with Gasteiger partial charge >= 0.3 is 5.97 Å². The van der Waals surface area contributed by atoms with Crippen molar-refractivity contribution in [3.05, 3.63) is 11.7 Å². The minimum Gasteiger partial charge on any atom is -0.481 e. The molecule has 2 aliphatic rings. The number of ether oxygens (including phenoxy) is 1. The van der Waals surface area contributed by atoms with Gasteiger partial charge in [-0.1, -0.05) is 11.6 Å². The normalized spacial score (nSPS) is 34.8. The predicted molar refractivity (Wildman–Crippen MR) is 64.6 cm³/mol. The summed E-state index contributed by atoms with van der Waals surface area (Å²) in [6.07, 6.45) is 4.25. The molecule has 2 heterocycles. The third kappa shape index (κ3) is 2.14. The Morgan fingerprint density at radius 3 is 2.95 bits per heavy atom. The van der Waals surface area contributed by atoms with Crippen molar-refractivity contribution in [2.24, 2.45) is 5.92 Å². The standard InChI is InChI=1S/C13H18N2O4/c1-13(6-3-7-18-13)12-14-10(19-15-12)8-4-2-5-9(8)11(16)17/h8-9H,2-7H2,1H3,(H,16,17). The van der Waals surface area contributed by atoms with Crippen molar-refractivity contribution in [1.82, 2.24) is 10.1 Å². The molecule has 19 heavy (non-hydrogen) atoms. The van der Waals surface area contributed by atoms with Crippen LogP contribution in [0.3, 0.4) is 0 Å².